The van der Waals surface area contributed by atoms with Gasteiger partial charge in [0, 0.05) is 5.69 Å². The fraction of sp³-hybridized carbons (Fsp3) is 0. The summed E-state index contributed by atoms with van der Waals surface area (Å²) in [5, 5.41) is 9.26. The largest absolute Gasteiger partial charge is 0.504 e. The normalized spacial score (nSPS) is 11.1. The second-order valence-electron chi connectivity index (χ2n) is 3.93. The standard InChI is InChI=1S/C13H10FNO4S/c14-12-7-11(6-9(8-16)13(12)17)20(18,19)15-10-4-2-1-3-5-10/h1-8,15,17H. The highest BCUT2D eigenvalue weighted by Gasteiger charge is 2.19. The van der Waals surface area contributed by atoms with Crippen LogP contribution in [-0.2, 0) is 10.0 Å². The summed E-state index contributed by atoms with van der Waals surface area (Å²) >= 11 is 0. The number of halogens is 1. The van der Waals surface area contributed by atoms with Crippen LogP contribution in [-0.4, -0.2) is 19.8 Å². The average molecular weight is 295 g/mol. The summed E-state index contributed by atoms with van der Waals surface area (Å²) in [7, 11) is -4.05. The quantitative estimate of drug-likeness (QED) is 0.846. The molecule has 0 unspecified atom stereocenters. The lowest BCUT2D eigenvalue weighted by atomic mass is 10.2. The van der Waals surface area contributed by atoms with Gasteiger partial charge in [0.05, 0.1) is 10.5 Å². The Bertz CT molecular complexity index is 744. The van der Waals surface area contributed by atoms with Crippen LogP contribution in [0.5, 0.6) is 5.75 Å². The van der Waals surface area contributed by atoms with Crippen LogP contribution in [0.3, 0.4) is 0 Å². The van der Waals surface area contributed by atoms with E-state index in [-0.39, 0.29) is 6.29 Å². The topological polar surface area (TPSA) is 83.5 Å². The van der Waals surface area contributed by atoms with E-state index in [1.807, 2.05) is 0 Å². The Hall–Kier alpha value is -2.41. The third-order valence-corrected chi connectivity index (χ3v) is 3.89. The smallest absolute Gasteiger partial charge is 0.262 e. The third kappa shape index (κ3) is 2.77. The van der Waals surface area contributed by atoms with Gasteiger partial charge in [0.15, 0.2) is 17.9 Å². The number of nitrogens with one attached hydrogen (secondary N) is 1. The summed E-state index contributed by atoms with van der Waals surface area (Å²) < 4.78 is 39.8. The zero-order valence-electron chi connectivity index (χ0n) is 10.1. The number of phenols is 1. The van der Waals surface area contributed by atoms with Crippen molar-refractivity contribution in [1.82, 2.24) is 0 Å². The first-order valence-corrected chi connectivity index (χ1v) is 6.98. The fourth-order valence-corrected chi connectivity index (χ4v) is 2.66. The maximum absolute atomic E-state index is 13.4. The molecule has 0 radical (unpaired) electrons. The molecule has 0 heterocycles. The lowest BCUT2D eigenvalue weighted by molar-refractivity contribution is 0.112. The first-order valence-electron chi connectivity index (χ1n) is 5.49. The van der Waals surface area contributed by atoms with Crippen LogP contribution in [0.4, 0.5) is 10.1 Å². The number of rotatable bonds is 4. The average Bonchev–Trinajstić information content (AvgIpc) is 2.42. The SMILES string of the molecule is O=Cc1cc(S(=O)(=O)Nc2ccccc2)cc(F)c1O. The first-order chi connectivity index (χ1) is 9.44. The summed E-state index contributed by atoms with van der Waals surface area (Å²) in [6.45, 7) is 0. The second-order valence-corrected chi connectivity index (χ2v) is 5.61. The van der Waals surface area contributed by atoms with E-state index in [1.54, 1.807) is 18.2 Å². The number of benzene rings is 2. The number of hydrogen-bond acceptors (Lipinski definition) is 4. The number of phenolic OH excluding ortho intramolecular Hbond substituents is 1. The van der Waals surface area contributed by atoms with Gasteiger partial charge in [-0.25, -0.2) is 12.8 Å². The minimum Gasteiger partial charge on any atom is -0.504 e. The molecule has 0 spiro atoms. The molecule has 0 aliphatic carbocycles. The van der Waals surface area contributed by atoms with Crippen molar-refractivity contribution in [3.8, 4) is 5.75 Å². The Labute approximate surface area is 114 Å². The van der Waals surface area contributed by atoms with Crippen molar-refractivity contribution in [1.29, 1.82) is 0 Å². The first kappa shape index (κ1) is 14.0. The van der Waals surface area contributed by atoms with E-state index in [2.05, 4.69) is 4.72 Å². The predicted molar refractivity (Wildman–Crippen MR) is 70.7 cm³/mol. The Morgan fingerprint density at radius 3 is 2.40 bits per heavy atom. The molecule has 2 rings (SSSR count). The molecule has 0 bridgehead atoms. The number of aromatic hydroxyl groups is 1. The second kappa shape index (κ2) is 5.30. The minimum atomic E-state index is -4.05. The molecule has 0 aromatic heterocycles. The molecule has 2 aromatic carbocycles. The molecule has 5 nitrogen and oxygen atoms in total. The van der Waals surface area contributed by atoms with Gasteiger partial charge in [0.2, 0.25) is 0 Å². The van der Waals surface area contributed by atoms with E-state index < -0.39 is 32.0 Å². The molecule has 0 amide bonds. The molecule has 2 aromatic rings. The number of aldehydes is 1. The Morgan fingerprint density at radius 2 is 1.80 bits per heavy atom. The van der Waals surface area contributed by atoms with E-state index in [4.69, 9.17) is 0 Å². The fourth-order valence-electron chi connectivity index (χ4n) is 1.56. The van der Waals surface area contributed by atoms with Crippen LogP contribution in [0.25, 0.3) is 0 Å². The molecule has 0 aliphatic heterocycles. The molecule has 20 heavy (non-hydrogen) atoms. The summed E-state index contributed by atoms with van der Waals surface area (Å²) in [5.41, 5.74) is -0.132. The molecule has 0 aliphatic rings. The van der Waals surface area contributed by atoms with Gasteiger partial charge in [-0.2, -0.15) is 0 Å². The zero-order chi connectivity index (χ0) is 14.8. The van der Waals surface area contributed by atoms with Gasteiger partial charge in [-0.05, 0) is 24.3 Å². The number of sulfonamides is 1. The Balaban J connectivity index is 2.45. The van der Waals surface area contributed by atoms with Crippen molar-refractivity contribution in [2.24, 2.45) is 0 Å². The number of carbonyl (C=O) groups is 1. The van der Waals surface area contributed by atoms with Crippen molar-refractivity contribution in [3.63, 3.8) is 0 Å². The van der Waals surface area contributed by atoms with Crippen LogP contribution < -0.4 is 4.72 Å². The number of para-hydroxylation sites is 1. The van der Waals surface area contributed by atoms with Crippen molar-refractivity contribution >= 4 is 22.0 Å². The highest BCUT2D eigenvalue weighted by Crippen LogP contribution is 2.25. The van der Waals surface area contributed by atoms with Crippen molar-refractivity contribution in [3.05, 3.63) is 53.8 Å². The Morgan fingerprint density at radius 1 is 1.15 bits per heavy atom. The van der Waals surface area contributed by atoms with Crippen LogP contribution >= 0.6 is 0 Å². The molecule has 7 heteroatoms. The third-order valence-electron chi connectivity index (χ3n) is 2.53. The highest BCUT2D eigenvalue weighted by molar-refractivity contribution is 7.92. The van der Waals surface area contributed by atoms with Gasteiger partial charge >= 0.3 is 0 Å². The van der Waals surface area contributed by atoms with Gasteiger partial charge in [0.25, 0.3) is 10.0 Å². The maximum atomic E-state index is 13.4. The monoisotopic (exact) mass is 295 g/mol. The zero-order valence-corrected chi connectivity index (χ0v) is 10.9. The molecule has 0 saturated carbocycles. The molecule has 0 fully saturated rings. The lowest BCUT2D eigenvalue weighted by Crippen LogP contribution is -2.13. The lowest BCUT2D eigenvalue weighted by Gasteiger charge is -2.09. The van der Waals surface area contributed by atoms with Crippen molar-refractivity contribution in [2.45, 2.75) is 4.90 Å². The van der Waals surface area contributed by atoms with Gasteiger partial charge in [-0.15, -0.1) is 0 Å². The van der Waals surface area contributed by atoms with Crippen LogP contribution in [0, 0.1) is 5.82 Å². The number of anilines is 1. The van der Waals surface area contributed by atoms with E-state index in [0.717, 1.165) is 6.07 Å². The predicted octanol–water partition coefficient (Wildman–Crippen LogP) is 2.14. The summed E-state index contributed by atoms with van der Waals surface area (Å²) in [6.07, 6.45) is 0.181. The van der Waals surface area contributed by atoms with Gasteiger partial charge in [-0.3, -0.25) is 9.52 Å². The number of carbonyl (C=O) groups excluding carboxylic acids is 1. The summed E-state index contributed by atoms with van der Waals surface area (Å²) in [5.74, 6) is -2.05. The number of hydrogen-bond donors (Lipinski definition) is 2. The minimum absolute atomic E-state index is 0.181. The molecular weight excluding hydrogens is 285 g/mol. The maximum Gasteiger partial charge on any atom is 0.262 e. The summed E-state index contributed by atoms with van der Waals surface area (Å²) in [6, 6.07) is 9.56. The van der Waals surface area contributed by atoms with E-state index in [1.165, 1.54) is 12.1 Å². The van der Waals surface area contributed by atoms with Gasteiger partial charge < -0.3 is 5.11 Å². The molecule has 2 N–H and O–H groups in total. The van der Waals surface area contributed by atoms with Crippen LogP contribution in [0.1, 0.15) is 10.4 Å². The highest BCUT2D eigenvalue weighted by atomic mass is 32.2. The van der Waals surface area contributed by atoms with E-state index >= 15 is 0 Å². The van der Waals surface area contributed by atoms with Crippen molar-refractivity contribution in [2.75, 3.05) is 4.72 Å². The van der Waals surface area contributed by atoms with Gasteiger partial charge in [-0.1, -0.05) is 18.2 Å². The molecular formula is C13H10FNO4S. The van der Waals surface area contributed by atoms with Crippen LogP contribution in [0.2, 0.25) is 0 Å². The summed E-state index contributed by atoms with van der Waals surface area (Å²) in [4.78, 5) is 10.2. The Kier molecular flexibility index (Phi) is 3.71. The molecule has 104 valence electrons. The van der Waals surface area contributed by atoms with Crippen molar-refractivity contribution < 1.29 is 22.7 Å². The molecule has 0 saturated heterocycles. The molecule has 0 atom stereocenters. The van der Waals surface area contributed by atoms with Crippen LogP contribution in [0.15, 0.2) is 47.4 Å². The van der Waals surface area contributed by atoms with E-state index in [9.17, 15) is 22.7 Å². The van der Waals surface area contributed by atoms with Gasteiger partial charge in [0.1, 0.15) is 0 Å². The van der Waals surface area contributed by atoms with E-state index in [0.29, 0.717) is 11.8 Å².